The molecule has 3 aromatic carbocycles. The van der Waals surface area contributed by atoms with Crippen LogP contribution >= 0.6 is 0 Å². The van der Waals surface area contributed by atoms with E-state index in [4.69, 9.17) is 19.6 Å². The number of fused-ring (bicyclic) bond motifs is 6. The van der Waals surface area contributed by atoms with Gasteiger partial charge >= 0.3 is 18.0 Å². The fraction of sp³-hybridized carbons (Fsp3) is 0.456. The summed E-state index contributed by atoms with van der Waals surface area (Å²) in [5, 5.41) is 21.1. The number of hydrogen-bond acceptors (Lipinski definition) is 9. The van der Waals surface area contributed by atoms with Crippen molar-refractivity contribution < 1.29 is 34.1 Å². The molecular weight excluding hydrogens is 869 g/mol. The first-order valence-corrected chi connectivity index (χ1v) is 24.9. The Labute approximate surface area is 405 Å². The minimum absolute atomic E-state index is 0.0951. The highest BCUT2D eigenvalue weighted by Crippen LogP contribution is 2.48. The Bertz CT molecular complexity index is 2950. The molecule has 1 amide bonds. The van der Waals surface area contributed by atoms with Crippen LogP contribution in [0.1, 0.15) is 153 Å². The van der Waals surface area contributed by atoms with Gasteiger partial charge in [0, 0.05) is 35.6 Å². The van der Waals surface area contributed by atoms with E-state index in [0.717, 1.165) is 51.6 Å². The molecule has 0 bridgehead atoms. The van der Waals surface area contributed by atoms with Crippen molar-refractivity contribution in [2.75, 3.05) is 26.2 Å². The molecule has 0 unspecified atom stereocenters. The predicted octanol–water partition coefficient (Wildman–Crippen LogP) is 10.2. The number of amides is 1. The Kier molecular flexibility index (Phi) is 12.7. The Balaban J connectivity index is 0.000000195. The Morgan fingerprint density at radius 2 is 1.49 bits per heavy atom. The minimum Gasteiger partial charge on any atom is -0.478 e. The number of esters is 1. The van der Waals surface area contributed by atoms with Gasteiger partial charge in [-0.1, -0.05) is 78.8 Å². The molecule has 4 aliphatic heterocycles. The van der Waals surface area contributed by atoms with Crippen molar-refractivity contribution in [2.24, 2.45) is 0 Å². The summed E-state index contributed by atoms with van der Waals surface area (Å²) < 4.78 is 12.7. The van der Waals surface area contributed by atoms with Gasteiger partial charge in [0.15, 0.2) is 5.60 Å². The quantitative estimate of drug-likeness (QED) is 0.148. The molecule has 5 aliphatic rings. The zero-order valence-corrected chi connectivity index (χ0v) is 41.3. The van der Waals surface area contributed by atoms with Gasteiger partial charge in [-0.25, -0.2) is 19.4 Å². The molecule has 0 saturated carbocycles. The van der Waals surface area contributed by atoms with Crippen LogP contribution in [-0.2, 0) is 45.5 Å². The van der Waals surface area contributed by atoms with E-state index in [1.807, 2.05) is 29.2 Å². The van der Waals surface area contributed by atoms with E-state index in [1.165, 1.54) is 61.9 Å². The number of aromatic nitrogens is 2. The van der Waals surface area contributed by atoms with Gasteiger partial charge in [0.05, 0.1) is 34.6 Å². The average molecular weight is 935 g/mol. The van der Waals surface area contributed by atoms with Crippen molar-refractivity contribution in [1.82, 2.24) is 19.4 Å². The summed E-state index contributed by atoms with van der Waals surface area (Å²) in [6, 6.07) is 19.4. The van der Waals surface area contributed by atoms with Gasteiger partial charge in [0.25, 0.3) is 5.56 Å². The van der Waals surface area contributed by atoms with Crippen molar-refractivity contribution in [3.05, 3.63) is 133 Å². The summed E-state index contributed by atoms with van der Waals surface area (Å²) in [6.45, 7) is 23.4. The number of cyclic esters (lactones) is 1. The molecule has 10 rings (SSSR count). The van der Waals surface area contributed by atoms with Crippen LogP contribution in [0.5, 0.6) is 5.75 Å². The third kappa shape index (κ3) is 8.68. The number of piperidine rings is 2. The maximum atomic E-state index is 13.6. The molecule has 12 heteroatoms. The second kappa shape index (κ2) is 18.3. The number of aliphatic hydroxyl groups is 1. The lowest BCUT2D eigenvalue weighted by Crippen LogP contribution is -2.48. The van der Waals surface area contributed by atoms with Crippen LogP contribution in [0.4, 0.5) is 4.79 Å². The predicted molar refractivity (Wildman–Crippen MR) is 268 cm³/mol. The fourth-order valence-electron chi connectivity index (χ4n) is 11.5. The average Bonchev–Trinajstić information content (AvgIpc) is 3.72. The Morgan fingerprint density at radius 3 is 2.13 bits per heavy atom. The number of carbonyl (C=O) groups is 3. The molecule has 362 valence electrons. The molecule has 5 aromatic rings. The maximum absolute atomic E-state index is 13.6. The van der Waals surface area contributed by atoms with E-state index in [9.17, 15) is 24.3 Å². The van der Waals surface area contributed by atoms with Gasteiger partial charge in [-0.2, -0.15) is 0 Å². The van der Waals surface area contributed by atoms with E-state index in [1.54, 1.807) is 35.8 Å². The summed E-state index contributed by atoms with van der Waals surface area (Å²) in [7, 11) is 0. The van der Waals surface area contributed by atoms with Gasteiger partial charge in [0.2, 0.25) is 0 Å². The van der Waals surface area contributed by atoms with Crippen LogP contribution in [-0.4, -0.2) is 79.8 Å². The van der Waals surface area contributed by atoms with Gasteiger partial charge in [0.1, 0.15) is 12.4 Å². The molecule has 0 radical (unpaired) electrons. The number of carbonyl (C=O) groups excluding carboxylic acids is 2. The van der Waals surface area contributed by atoms with Crippen molar-refractivity contribution in [2.45, 2.75) is 142 Å². The molecule has 2 aromatic heterocycles. The lowest BCUT2D eigenvalue weighted by atomic mass is 9.62. The van der Waals surface area contributed by atoms with Crippen molar-refractivity contribution in [1.29, 1.82) is 0 Å². The largest absolute Gasteiger partial charge is 0.478 e. The topological polar surface area (TPSA) is 152 Å². The van der Waals surface area contributed by atoms with Crippen molar-refractivity contribution in [3.63, 3.8) is 0 Å². The van der Waals surface area contributed by atoms with Gasteiger partial charge in [-0.05, 0) is 158 Å². The van der Waals surface area contributed by atoms with Crippen molar-refractivity contribution in [3.8, 4) is 17.1 Å². The van der Waals surface area contributed by atoms with Crippen LogP contribution in [0.2, 0.25) is 0 Å². The molecule has 2 fully saturated rings. The molecule has 2 N–H and O–H groups in total. The number of hydrogen-bond donors (Lipinski definition) is 2. The monoisotopic (exact) mass is 934 g/mol. The molecule has 0 spiro atoms. The summed E-state index contributed by atoms with van der Waals surface area (Å²) in [4.78, 5) is 59.6. The zero-order valence-electron chi connectivity index (χ0n) is 41.3. The van der Waals surface area contributed by atoms with Gasteiger partial charge in [-0.3, -0.25) is 4.79 Å². The second-order valence-electron chi connectivity index (χ2n) is 21.1. The molecule has 12 nitrogen and oxygen atoms in total. The van der Waals surface area contributed by atoms with Crippen LogP contribution in [0.3, 0.4) is 0 Å². The summed E-state index contributed by atoms with van der Waals surface area (Å²) in [6.07, 6.45) is 8.64. The molecule has 1 atom stereocenters. The first-order valence-electron chi connectivity index (χ1n) is 24.9. The highest BCUT2D eigenvalue weighted by Gasteiger charge is 2.46. The fourth-order valence-corrected chi connectivity index (χ4v) is 11.5. The van der Waals surface area contributed by atoms with E-state index in [0.29, 0.717) is 65.9 Å². The summed E-state index contributed by atoms with van der Waals surface area (Å²) in [5.41, 5.74) is 10.2. The number of likely N-dealkylation sites (tertiary alicyclic amines) is 2. The number of benzene rings is 3. The van der Waals surface area contributed by atoms with Crippen LogP contribution in [0, 0.1) is 6.92 Å². The molecule has 6 heterocycles. The second-order valence-corrected chi connectivity index (χ2v) is 21.1. The Morgan fingerprint density at radius 1 is 0.841 bits per heavy atom. The lowest BCUT2D eigenvalue weighted by Gasteiger charge is -2.42. The lowest BCUT2D eigenvalue weighted by molar-refractivity contribution is -0.172. The van der Waals surface area contributed by atoms with E-state index in [2.05, 4.69) is 65.2 Å². The van der Waals surface area contributed by atoms with E-state index in [-0.39, 0.29) is 35.5 Å². The first-order chi connectivity index (χ1) is 32.8. The van der Waals surface area contributed by atoms with E-state index < -0.39 is 17.5 Å². The number of aromatic carboxylic acids is 1. The number of carboxylic acids is 1. The number of carboxylic acid groups (broad SMARTS) is 1. The van der Waals surface area contributed by atoms with Crippen LogP contribution in [0.15, 0.2) is 72.0 Å². The number of pyridine rings is 2. The normalized spacial score (nSPS) is 20.4. The van der Waals surface area contributed by atoms with Gasteiger partial charge < -0.3 is 34.1 Å². The minimum atomic E-state index is -1.86. The Hall–Kier alpha value is -6.11. The third-order valence-electron chi connectivity index (χ3n) is 16.0. The molecule has 69 heavy (non-hydrogen) atoms. The van der Waals surface area contributed by atoms with Crippen LogP contribution < -0.4 is 10.3 Å². The molecule has 2 saturated heterocycles. The maximum Gasteiger partial charge on any atom is 0.415 e. The summed E-state index contributed by atoms with van der Waals surface area (Å²) >= 11 is 0. The van der Waals surface area contributed by atoms with E-state index >= 15 is 0 Å². The smallest absolute Gasteiger partial charge is 0.415 e. The number of nitrogens with zero attached hydrogens (tertiary/aromatic N) is 4. The number of rotatable bonds is 7. The SMILES string of the molecule is C=C(c1ccc(C(=O)O)cc1)c1cc2c(cc1C)C(C)(C)CCC2(C)C.CCc1c2c(nc3ccc(OC(=O)N4CCC(N5CCCCC5)CC4)cc13)-c1cc3c(c(=O)n1C2)COC(=O)[C@]3(O)CC. The number of aryl methyl sites for hydroxylation is 2. The highest BCUT2D eigenvalue weighted by molar-refractivity contribution is 5.91. The highest BCUT2D eigenvalue weighted by atomic mass is 16.6. The van der Waals surface area contributed by atoms with Gasteiger partial charge in [-0.15, -0.1) is 0 Å². The molecular formula is C57H66N4O8. The van der Waals surface area contributed by atoms with Crippen molar-refractivity contribution >= 4 is 34.5 Å². The third-order valence-corrected chi connectivity index (χ3v) is 16.0. The van der Waals surface area contributed by atoms with Crippen LogP contribution in [0.25, 0.3) is 27.9 Å². The number of ether oxygens (including phenoxy) is 2. The standard InChI is InChI=1S/C33H38N4O6.C24H28O2/c1-3-22-23-16-21(43-32(40)36-14-10-20(11-15-36)35-12-6-5-7-13-35)8-9-27(23)34-29-24(22)18-37-28(29)17-26-25(30(37)38)19-42-31(39)33(26,41)4-2;1-15-13-20-21(24(5,6)12-11-23(20,3)4)14-19(15)16(2)17-7-9-18(10-8-17)22(25)26/h8-9,16-17,20,41H,3-7,10-15,18-19H2,1-2H3;7-10,13-14H,2,11-12H2,1,3-6H3,(H,25,26)/t33-;/m0./s1. The zero-order chi connectivity index (χ0) is 49.2. The first kappa shape index (κ1) is 47.9. The summed E-state index contributed by atoms with van der Waals surface area (Å²) in [5.74, 6) is -1.17. The molecule has 1 aliphatic carbocycles.